The van der Waals surface area contributed by atoms with Gasteiger partial charge in [-0.3, -0.25) is 14.9 Å². The lowest BCUT2D eigenvalue weighted by Gasteiger charge is -2.19. The predicted octanol–water partition coefficient (Wildman–Crippen LogP) is 3.19. The van der Waals surface area contributed by atoms with E-state index in [1.54, 1.807) is 11.3 Å². The van der Waals surface area contributed by atoms with E-state index < -0.39 is 0 Å². The van der Waals surface area contributed by atoms with Crippen molar-refractivity contribution < 1.29 is 9.59 Å². The highest BCUT2D eigenvalue weighted by molar-refractivity contribution is 7.10. The van der Waals surface area contributed by atoms with Gasteiger partial charge in [-0.25, -0.2) is 0 Å². The molecule has 6 heteroatoms. The Balaban J connectivity index is 1.97. The SMILES string of the molecule is CC(C)NC(=O)CNC(=O)CN[C@@H](c1ccc(C(C)C)cc1)c1cccs1. The Hall–Kier alpha value is -2.18. The number of hydrogen-bond acceptors (Lipinski definition) is 4. The van der Waals surface area contributed by atoms with Crippen LogP contribution >= 0.6 is 11.3 Å². The van der Waals surface area contributed by atoms with E-state index in [0.717, 1.165) is 10.4 Å². The van der Waals surface area contributed by atoms with Crippen molar-refractivity contribution in [3.8, 4) is 0 Å². The van der Waals surface area contributed by atoms with Gasteiger partial charge >= 0.3 is 0 Å². The minimum atomic E-state index is -0.200. The average Bonchev–Trinajstić information content (AvgIpc) is 3.14. The van der Waals surface area contributed by atoms with Crippen LogP contribution in [0.2, 0.25) is 0 Å². The Labute approximate surface area is 165 Å². The minimum absolute atomic E-state index is 0.00848. The molecule has 1 aromatic carbocycles. The molecule has 1 aromatic heterocycles. The average molecular weight is 388 g/mol. The van der Waals surface area contributed by atoms with Gasteiger partial charge in [-0.15, -0.1) is 11.3 Å². The van der Waals surface area contributed by atoms with Crippen molar-refractivity contribution in [2.24, 2.45) is 0 Å². The standard InChI is InChI=1S/C21H29N3O2S/c1-14(2)16-7-9-17(10-8-16)21(18-6-5-11-27-18)23-12-19(25)22-13-20(26)24-15(3)4/h5-11,14-15,21,23H,12-13H2,1-4H3,(H,22,25)(H,24,26)/t21-/m0/s1. The minimum Gasteiger partial charge on any atom is -0.352 e. The quantitative estimate of drug-likeness (QED) is 0.619. The summed E-state index contributed by atoms with van der Waals surface area (Å²) >= 11 is 1.65. The summed E-state index contributed by atoms with van der Waals surface area (Å²) in [5.74, 6) is 0.0988. The van der Waals surface area contributed by atoms with E-state index in [1.807, 2.05) is 25.3 Å². The van der Waals surface area contributed by atoms with Gasteiger partial charge in [0.15, 0.2) is 0 Å². The molecule has 2 aromatic rings. The molecule has 2 amide bonds. The van der Waals surface area contributed by atoms with Crippen LogP contribution in [0.1, 0.15) is 55.7 Å². The molecule has 27 heavy (non-hydrogen) atoms. The Morgan fingerprint density at radius 3 is 2.15 bits per heavy atom. The summed E-state index contributed by atoms with van der Waals surface area (Å²) in [6, 6.07) is 12.6. The highest BCUT2D eigenvalue weighted by atomic mass is 32.1. The maximum Gasteiger partial charge on any atom is 0.239 e. The van der Waals surface area contributed by atoms with Crippen molar-refractivity contribution in [1.82, 2.24) is 16.0 Å². The molecule has 1 atom stereocenters. The predicted molar refractivity (Wildman–Crippen MR) is 111 cm³/mol. The smallest absolute Gasteiger partial charge is 0.239 e. The molecular weight excluding hydrogens is 358 g/mol. The number of carbonyl (C=O) groups is 2. The van der Waals surface area contributed by atoms with Crippen LogP contribution in [-0.4, -0.2) is 30.9 Å². The third-order valence-electron chi connectivity index (χ3n) is 4.13. The number of carbonyl (C=O) groups excluding carboxylic acids is 2. The zero-order valence-electron chi connectivity index (χ0n) is 16.4. The van der Waals surface area contributed by atoms with Gasteiger partial charge < -0.3 is 10.6 Å². The van der Waals surface area contributed by atoms with Gasteiger partial charge in [0.1, 0.15) is 0 Å². The molecule has 0 fully saturated rings. The third kappa shape index (κ3) is 6.81. The fourth-order valence-electron chi connectivity index (χ4n) is 2.72. The highest BCUT2D eigenvalue weighted by Crippen LogP contribution is 2.27. The molecule has 0 aliphatic rings. The van der Waals surface area contributed by atoms with Gasteiger partial charge in [0.2, 0.25) is 11.8 Å². The van der Waals surface area contributed by atoms with E-state index in [0.29, 0.717) is 5.92 Å². The van der Waals surface area contributed by atoms with Crippen LogP contribution in [0.3, 0.4) is 0 Å². The molecule has 1 heterocycles. The first-order chi connectivity index (χ1) is 12.9. The third-order valence-corrected chi connectivity index (χ3v) is 5.06. The molecule has 3 N–H and O–H groups in total. The van der Waals surface area contributed by atoms with Crippen molar-refractivity contribution in [2.75, 3.05) is 13.1 Å². The van der Waals surface area contributed by atoms with Gasteiger partial charge in [-0.1, -0.05) is 44.2 Å². The molecule has 0 aliphatic heterocycles. The first-order valence-corrected chi connectivity index (χ1v) is 10.2. The van der Waals surface area contributed by atoms with E-state index in [2.05, 4.69) is 60.1 Å². The number of amides is 2. The summed E-state index contributed by atoms with van der Waals surface area (Å²) in [7, 11) is 0. The summed E-state index contributed by atoms with van der Waals surface area (Å²) in [6.45, 7) is 8.25. The molecule has 0 saturated heterocycles. The molecular formula is C21H29N3O2S. The lowest BCUT2D eigenvalue weighted by Crippen LogP contribution is -2.43. The maximum absolute atomic E-state index is 12.1. The molecule has 2 rings (SSSR count). The zero-order valence-corrected chi connectivity index (χ0v) is 17.2. The van der Waals surface area contributed by atoms with Gasteiger partial charge in [0, 0.05) is 10.9 Å². The number of hydrogen-bond donors (Lipinski definition) is 3. The molecule has 0 unspecified atom stereocenters. The lowest BCUT2D eigenvalue weighted by molar-refractivity contribution is -0.125. The first kappa shape index (κ1) is 21.1. The van der Waals surface area contributed by atoms with Crippen molar-refractivity contribution >= 4 is 23.2 Å². The summed E-state index contributed by atoms with van der Waals surface area (Å²) in [6.07, 6.45) is 0. The van der Waals surface area contributed by atoms with Crippen LogP contribution in [0.4, 0.5) is 0 Å². The second-order valence-electron chi connectivity index (χ2n) is 7.15. The molecule has 0 aliphatic carbocycles. The molecule has 5 nitrogen and oxygen atoms in total. The Bertz CT molecular complexity index is 724. The van der Waals surface area contributed by atoms with E-state index >= 15 is 0 Å². The van der Waals surface area contributed by atoms with Crippen molar-refractivity contribution in [3.63, 3.8) is 0 Å². The summed E-state index contributed by atoms with van der Waals surface area (Å²) in [5, 5.41) is 10.8. The Morgan fingerprint density at radius 2 is 1.59 bits per heavy atom. The summed E-state index contributed by atoms with van der Waals surface area (Å²) in [5.41, 5.74) is 2.41. The second-order valence-corrected chi connectivity index (χ2v) is 8.13. The van der Waals surface area contributed by atoms with E-state index in [9.17, 15) is 9.59 Å². The normalized spacial score (nSPS) is 12.2. The van der Waals surface area contributed by atoms with Crippen LogP contribution in [0, 0.1) is 0 Å². The molecule has 0 saturated carbocycles. The van der Waals surface area contributed by atoms with Gasteiger partial charge in [-0.2, -0.15) is 0 Å². The molecule has 0 radical (unpaired) electrons. The number of benzene rings is 1. The summed E-state index contributed by atoms with van der Waals surface area (Å²) < 4.78 is 0. The van der Waals surface area contributed by atoms with Crippen molar-refractivity contribution in [2.45, 2.75) is 45.7 Å². The summed E-state index contributed by atoms with van der Waals surface area (Å²) in [4.78, 5) is 24.9. The van der Waals surface area contributed by atoms with Gasteiger partial charge in [-0.05, 0) is 42.3 Å². The molecule has 146 valence electrons. The zero-order chi connectivity index (χ0) is 19.8. The van der Waals surface area contributed by atoms with E-state index in [4.69, 9.17) is 0 Å². The van der Waals surface area contributed by atoms with Crippen LogP contribution in [0.15, 0.2) is 41.8 Å². The molecule has 0 spiro atoms. The van der Waals surface area contributed by atoms with E-state index in [1.165, 1.54) is 5.56 Å². The van der Waals surface area contributed by atoms with Crippen molar-refractivity contribution in [1.29, 1.82) is 0 Å². The van der Waals surface area contributed by atoms with E-state index in [-0.39, 0.29) is 37.0 Å². The largest absolute Gasteiger partial charge is 0.352 e. The monoisotopic (exact) mass is 387 g/mol. The first-order valence-electron chi connectivity index (χ1n) is 9.29. The Kier molecular flexibility index (Phi) is 8.00. The van der Waals surface area contributed by atoms with Crippen molar-refractivity contribution in [3.05, 3.63) is 57.8 Å². The number of rotatable bonds is 9. The number of nitrogens with one attached hydrogen (secondary N) is 3. The fraction of sp³-hybridized carbons (Fsp3) is 0.429. The van der Waals surface area contributed by atoms with Crippen LogP contribution in [-0.2, 0) is 9.59 Å². The van der Waals surface area contributed by atoms with Gasteiger partial charge in [0.05, 0.1) is 19.1 Å². The van der Waals surface area contributed by atoms with Crippen LogP contribution in [0.25, 0.3) is 0 Å². The second kappa shape index (κ2) is 10.2. The highest BCUT2D eigenvalue weighted by Gasteiger charge is 2.17. The fourth-order valence-corrected chi connectivity index (χ4v) is 3.55. The topological polar surface area (TPSA) is 70.2 Å². The molecule has 0 bridgehead atoms. The number of thiophene rings is 1. The maximum atomic E-state index is 12.1. The van der Waals surface area contributed by atoms with Crippen LogP contribution in [0.5, 0.6) is 0 Å². The Morgan fingerprint density at radius 1 is 0.926 bits per heavy atom. The van der Waals surface area contributed by atoms with Crippen LogP contribution < -0.4 is 16.0 Å². The van der Waals surface area contributed by atoms with Gasteiger partial charge in [0.25, 0.3) is 0 Å². The lowest BCUT2D eigenvalue weighted by atomic mass is 9.98.